The highest BCUT2D eigenvalue weighted by atomic mass is 19.4. The zero-order valence-electron chi connectivity index (χ0n) is 19.4. The van der Waals surface area contributed by atoms with Crippen molar-refractivity contribution < 1.29 is 18.0 Å². The number of nitrogens with zero attached hydrogens (tertiary/aromatic N) is 2. The van der Waals surface area contributed by atoms with Crippen molar-refractivity contribution in [2.24, 2.45) is 0 Å². The standard InChI is InChI=1S/C29H24F3N3O/c30-29(31,32)24-8-5-21(6-9-24)26-3-1-2-4-27(26)28(36)34-25-10-7-23-19-35(16-13-22(23)17-25)18-20-11-14-33-15-12-20/h1-12,14-15,17H,13,16,18-19H2,(H,34,36). The van der Waals surface area contributed by atoms with Gasteiger partial charge in [-0.3, -0.25) is 14.7 Å². The molecular weight excluding hydrogens is 463 g/mol. The van der Waals surface area contributed by atoms with Crippen LogP contribution in [0.15, 0.2) is 91.3 Å². The van der Waals surface area contributed by atoms with Crippen LogP contribution in [-0.4, -0.2) is 22.3 Å². The highest BCUT2D eigenvalue weighted by molar-refractivity contribution is 6.08. The molecule has 0 saturated heterocycles. The smallest absolute Gasteiger partial charge is 0.322 e. The van der Waals surface area contributed by atoms with Crippen molar-refractivity contribution in [1.82, 2.24) is 9.88 Å². The molecule has 1 aliphatic rings. The number of aromatic nitrogens is 1. The number of hydrogen-bond acceptors (Lipinski definition) is 3. The summed E-state index contributed by atoms with van der Waals surface area (Å²) in [4.78, 5) is 19.6. The molecule has 0 atom stereocenters. The number of amides is 1. The molecule has 0 saturated carbocycles. The third kappa shape index (κ3) is 5.31. The number of alkyl halides is 3. The van der Waals surface area contributed by atoms with Crippen LogP contribution in [0.5, 0.6) is 0 Å². The Kier molecular flexibility index (Phi) is 6.57. The molecule has 0 aliphatic carbocycles. The monoisotopic (exact) mass is 487 g/mol. The van der Waals surface area contributed by atoms with E-state index in [1.807, 2.05) is 30.3 Å². The van der Waals surface area contributed by atoms with Crippen molar-refractivity contribution in [2.75, 3.05) is 11.9 Å². The van der Waals surface area contributed by atoms with Crippen LogP contribution in [0.25, 0.3) is 11.1 Å². The van der Waals surface area contributed by atoms with Gasteiger partial charge in [-0.15, -0.1) is 0 Å². The lowest BCUT2D eigenvalue weighted by atomic mass is 9.97. The Hall–Kier alpha value is -3.97. The van der Waals surface area contributed by atoms with Gasteiger partial charge in [0.2, 0.25) is 0 Å². The summed E-state index contributed by atoms with van der Waals surface area (Å²) in [7, 11) is 0. The van der Waals surface area contributed by atoms with Crippen LogP contribution in [-0.2, 0) is 25.7 Å². The van der Waals surface area contributed by atoms with Gasteiger partial charge in [0, 0.05) is 43.3 Å². The second kappa shape index (κ2) is 9.95. The van der Waals surface area contributed by atoms with Crippen molar-refractivity contribution in [2.45, 2.75) is 25.7 Å². The Balaban J connectivity index is 1.30. The fourth-order valence-electron chi connectivity index (χ4n) is 4.54. The van der Waals surface area contributed by atoms with Gasteiger partial charge in [0.05, 0.1) is 5.56 Å². The van der Waals surface area contributed by atoms with Crippen LogP contribution in [0.2, 0.25) is 0 Å². The molecule has 1 aromatic heterocycles. The van der Waals surface area contributed by atoms with E-state index < -0.39 is 11.7 Å². The first kappa shape index (κ1) is 23.8. The number of halogens is 3. The van der Waals surface area contributed by atoms with Crippen LogP contribution in [0, 0.1) is 0 Å². The summed E-state index contributed by atoms with van der Waals surface area (Å²) < 4.78 is 38.8. The molecule has 4 nitrogen and oxygen atoms in total. The van der Waals surface area contributed by atoms with E-state index in [9.17, 15) is 18.0 Å². The molecule has 182 valence electrons. The Labute approximate surface area is 207 Å². The van der Waals surface area contributed by atoms with E-state index in [0.29, 0.717) is 22.4 Å². The molecule has 36 heavy (non-hydrogen) atoms. The molecule has 4 aromatic rings. The average molecular weight is 488 g/mol. The molecule has 0 radical (unpaired) electrons. The van der Waals surface area contributed by atoms with Crippen LogP contribution < -0.4 is 5.32 Å². The van der Waals surface area contributed by atoms with Crippen molar-refractivity contribution in [1.29, 1.82) is 0 Å². The van der Waals surface area contributed by atoms with Gasteiger partial charge < -0.3 is 5.32 Å². The highest BCUT2D eigenvalue weighted by Gasteiger charge is 2.30. The number of hydrogen-bond donors (Lipinski definition) is 1. The van der Waals surface area contributed by atoms with Crippen LogP contribution >= 0.6 is 0 Å². The van der Waals surface area contributed by atoms with E-state index in [1.165, 1.54) is 28.8 Å². The van der Waals surface area contributed by atoms with Gasteiger partial charge in [-0.05, 0) is 76.7 Å². The molecular formula is C29H24F3N3O. The topological polar surface area (TPSA) is 45.2 Å². The van der Waals surface area contributed by atoms with Crippen LogP contribution in [0.4, 0.5) is 18.9 Å². The number of benzene rings is 3. The van der Waals surface area contributed by atoms with Crippen molar-refractivity contribution in [3.05, 3.63) is 119 Å². The first-order chi connectivity index (χ1) is 17.4. The van der Waals surface area contributed by atoms with Gasteiger partial charge in [-0.2, -0.15) is 13.2 Å². The third-order valence-electron chi connectivity index (χ3n) is 6.41. The van der Waals surface area contributed by atoms with Crippen LogP contribution in [0.1, 0.15) is 32.6 Å². The maximum absolute atomic E-state index is 13.2. The minimum Gasteiger partial charge on any atom is -0.322 e. The number of fused-ring (bicyclic) bond motifs is 1. The zero-order chi connectivity index (χ0) is 25.1. The Morgan fingerprint density at radius 2 is 1.67 bits per heavy atom. The minimum atomic E-state index is -4.40. The van der Waals surface area contributed by atoms with E-state index in [0.717, 1.165) is 38.2 Å². The molecule has 3 aromatic carbocycles. The number of rotatable bonds is 5. The summed E-state index contributed by atoms with van der Waals surface area (Å²) in [5.74, 6) is -0.305. The van der Waals surface area contributed by atoms with Gasteiger partial charge in [0.25, 0.3) is 5.91 Å². The molecule has 1 aliphatic heterocycles. The highest BCUT2D eigenvalue weighted by Crippen LogP contribution is 2.32. The van der Waals surface area contributed by atoms with Crippen molar-refractivity contribution >= 4 is 11.6 Å². The molecule has 0 fully saturated rings. The molecule has 7 heteroatoms. The van der Waals surface area contributed by atoms with Crippen molar-refractivity contribution in [3.63, 3.8) is 0 Å². The molecule has 1 amide bonds. The summed E-state index contributed by atoms with van der Waals surface area (Å²) in [6.07, 6.45) is 0.0833. The first-order valence-electron chi connectivity index (χ1n) is 11.7. The van der Waals surface area contributed by atoms with Gasteiger partial charge >= 0.3 is 6.18 Å². The minimum absolute atomic E-state index is 0.305. The van der Waals surface area contributed by atoms with Gasteiger partial charge in [-0.25, -0.2) is 0 Å². The normalized spacial score (nSPS) is 13.8. The zero-order valence-corrected chi connectivity index (χ0v) is 19.4. The third-order valence-corrected chi connectivity index (χ3v) is 6.41. The fourth-order valence-corrected chi connectivity index (χ4v) is 4.54. The van der Waals surface area contributed by atoms with Gasteiger partial charge in [0.1, 0.15) is 0 Å². The predicted molar refractivity (Wildman–Crippen MR) is 133 cm³/mol. The summed E-state index contributed by atoms with van der Waals surface area (Å²) in [5.41, 5.74) is 5.17. The summed E-state index contributed by atoms with van der Waals surface area (Å²) in [6.45, 7) is 2.62. The van der Waals surface area contributed by atoms with Crippen molar-refractivity contribution in [3.8, 4) is 11.1 Å². The van der Waals surface area contributed by atoms with E-state index in [4.69, 9.17) is 0 Å². The number of carbonyl (C=O) groups is 1. The van der Waals surface area contributed by atoms with E-state index in [-0.39, 0.29) is 5.91 Å². The summed E-state index contributed by atoms with van der Waals surface area (Å²) >= 11 is 0. The second-order valence-electron chi connectivity index (χ2n) is 8.87. The molecule has 0 bridgehead atoms. The number of carbonyl (C=O) groups excluding carboxylic acids is 1. The Bertz CT molecular complexity index is 1370. The summed E-state index contributed by atoms with van der Waals surface area (Å²) in [5, 5.41) is 2.97. The van der Waals surface area contributed by atoms with E-state index in [1.54, 1.807) is 36.7 Å². The SMILES string of the molecule is O=C(Nc1ccc2c(c1)CCN(Cc1ccncc1)C2)c1ccccc1-c1ccc(C(F)(F)F)cc1. The first-order valence-corrected chi connectivity index (χ1v) is 11.7. The average Bonchev–Trinajstić information content (AvgIpc) is 2.89. The van der Waals surface area contributed by atoms with Gasteiger partial charge in [-0.1, -0.05) is 36.4 Å². The maximum Gasteiger partial charge on any atom is 0.416 e. The maximum atomic E-state index is 13.2. The second-order valence-corrected chi connectivity index (χ2v) is 8.87. The lowest BCUT2D eigenvalue weighted by molar-refractivity contribution is -0.137. The molecule has 1 N–H and O–H groups in total. The quantitative estimate of drug-likeness (QED) is 0.346. The van der Waals surface area contributed by atoms with Crippen LogP contribution in [0.3, 0.4) is 0 Å². The van der Waals surface area contributed by atoms with Gasteiger partial charge in [0.15, 0.2) is 0 Å². The molecule has 0 spiro atoms. The molecule has 2 heterocycles. The Morgan fingerprint density at radius 3 is 2.42 bits per heavy atom. The lowest BCUT2D eigenvalue weighted by Crippen LogP contribution is -2.30. The number of pyridine rings is 1. The molecule has 5 rings (SSSR count). The largest absolute Gasteiger partial charge is 0.416 e. The Morgan fingerprint density at radius 1 is 0.917 bits per heavy atom. The predicted octanol–water partition coefficient (Wildman–Crippen LogP) is 6.58. The lowest BCUT2D eigenvalue weighted by Gasteiger charge is -2.29. The van der Waals surface area contributed by atoms with E-state index in [2.05, 4.69) is 15.2 Å². The fraction of sp³-hybridized carbons (Fsp3) is 0.172. The van der Waals surface area contributed by atoms with E-state index >= 15 is 0 Å². The number of nitrogens with one attached hydrogen (secondary N) is 1. The summed E-state index contributed by atoms with van der Waals surface area (Å²) in [6, 6.07) is 21.8. The molecule has 0 unspecified atom stereocenters. The number of anilines is 1.